The fraction of sp³-hybridized carbons (Fsp3) is 0.923. The average molecular weight is 226 g/mol. The molecule has 1 rings (SSSR count). The van der Waals surface area contributed by atoms with E-state index in [1.165, 1.54) is 12.8 Å². The summed E-state index contributed by atoms with van der Waals surface area (Å²) in [5, 5.41) is 3.33. The maximum absolute atomic E-state index is 11.5. The number of hydrogen-bond donors (Lipinski definition) is 2. The van der Waals surface area contributed by atoms with Crippen LogP contribution in [0, 0.1) is 17.8 Å². The summed E-state index contributed by atoms with van der Waals surface area (Å²) in [6, 6.07) is -0.116. The zero-order chi connectivity index (χ0) is 12.1. The van der Waals surface area contributed by atoms with Crippen LogP contribution in [0.5, 0.6) is 0 Å². The Morgan fingerprint density at radius 2 is 1.88 bits per heavy atom. The molecule has 0 aromatic carbocycles. The second-order valence-electron chi connectivity index (χ2n) is 5.70. The minimum atomic E-state index is -0.180. The lowest BCUT2D eigenvalue weighted by atomic mass is 9.79. The van der Waals surface area contributed by atoms with E-state index in [1.54, 1.807) is 0 Å². The molecule has 3 nitrogen and oxygen atoms in total. The van der Waals surface area contributed by atoms with E-state index in [0.29, 0.717) is 11.8 Å². The molecule has 0 heterocycles. The van der Waals surface area contributed by atoms with Crippen LogP contribution in [-0.4, -0.2) is 18.5 Å². The Labute approximate surface area is 99.2 Å². The van der Waals surface area contributed by atoms with Gasteiger partial charge in [-0.1, -0.05) is 33.6 Å². The summed E-state index contributed by atoms with van der Waals surface area (Å²) in [5.74, 6) is 1.65. The van der Waals surface area contributed by atoms with Crippen molar-refractivity contribution in [2.75, 3.05) is 6.54 Å². The highest BCUT2D eigenvalue weighted by Crippen LogP contribution is 2.30. The summed E-state index contributed by atoms with van der Waals surface area (Å²) in [4.78, 5) is 11.5. The first kappa shape index (κ1) is 13.5. The van der Waals surface area contributed by atoms with Crippen LogP contribution in [0.2, 0.25) is 0 Å². The van der Waals surface area contributed by atoms with Gasteiger partial charge in [-0.2, -0.15) is 0 Å². The van der Waals surface area contributed by atoms with Crippen molar-refractivity contribution < 1.29 is 4.79 Å². The van der Waals surface area contributed by atoms with Crippen LogP contribution in [0.1, 0.15) is 46.5 Å². The molecule has 94 valence electrons. The van der Waals surface area contributed by atoms with E-state index in [2.05, 4.69) is 26.1 Å². The maximum atomic E-state index is 11.5. The number of nitrogens with one attached hydrogen (secondary N) is 1. The van der Waals surface area contributed by atoms with Crippen molar-refractivity contribution in [1.29, 1.82) is 0 Å². The number of carbonyl (C=O) groups is 1. The third-order valence-corrected chi connectivity index (χ3v) is 3.58. The van der Waals surface area contributed by atoms with Gasteiger partial charge < -0.3 is 11.1 Å². The van der Waals surface area contributed by atoms with Crippen LogP contribution in [0.25, 0.3) is 0 Å². The van der Waals surface area contributed by atoms with Gasteiger partial charge >= 0.3 is 0 Å². The Morgan fingerprint density at radius 3 is 2.31 bits per heavy atom. The number of hydrogen-bond acceptors (Lipinski definition) is 2. The van der Waals surface area contributed by atoms with E-state index in [4.69, 9.17) is 5.73 Å². The molecule has 0 spiro atoms. The van der Waals surface area contributed by atoms with Gasteiger partial charge in [0, 0.05) is 0 Å². The Balaban J connectivity index is 2.46. The van der Waals surface area contributed by atoms with Gasteiger partial charge in [0.1, 0.15) is 0 Å². The molecule has 0 aromatic heterocycles. The van der Waals surface area contributed by atoms with Gasteiger partial charge in [-0.3, -0.25) is 4.79 Å². The lowest BCUT2D eigenvalue weighted by molar-refractivity contribution is -0.121. The number of nitrogens with two attached hydrogens (primary N) is 1. The second-order valence-corrected chi connectivity index (χ2v) is 5.70. The Hall–Kier alpha value is -0.570. The van der Waals surface area contributed by atoms with E-state index >= 15 is 0 Å². The first-order valence-corrected chi connectivity index (χ1v) is 6.53. The van der Waals surface area contributed by atoms with Crippen LogP contribution < -0.4 is 11.1 Å². The number of rotatable bonds is 5. The monoisotopic (exact) mass is 226 g/mol. The third-order valence-electron chi connectivity index (χ3n) is 3.58. The third kappa shape index (κ3) is 4.12. The van der Waals surface area contributed by atoms with Gasteiger partial charge in [0.15, 0.2) is 0 Å². The van der Waals surface area contributed by atoms with Crippen molar-refractivity contribution in [3.05, 3.63) is 0 Å². The Bertz CT molecular complexity index is 220. The average Bonchev–Trinajstić information content (AvgIpc) is 2.20. The predicted molar refractivity (Wildman–Crippen MR) is 66.9 cm³/mol. The van der Waals surface area contributed by atoms with Crippen molar-refractivity contribution >= 4 is 5.91 Å². The topological polar surface area (TPSA) is 55.1 Å². The molecule has 0 aromatic rings. The first-order chi connectivity index (χ1) is 7.50. The molecular formula is C13H26N2O. The van der Waals surface area contributed by atoms with Crippen molar-refractivity contribution in [2.45, 2.75) is 52.5 Å². The standard InChI is InChI=1S/C13H26N2O/c1-9(2)8-15-12(13(14)16)11-6-4-10(3)5-7-11/h9-12,15H,4-8H2,1-3H3,(H2,14,16). The highest BCUT2D eigenvalue weighted by molar-refractivity contribution is 5.80. The lowest BCUT2D eigenvalue weighted by Gasteiger charge is -2.32. The molecule has 1 aliphatic rings. The molecule has 0 saturated heterocycles. The van der Waals surface area contributed by atoms with Gasteiger partial charge in [0.05, 0.1) is 6.04 Å². The lowest BCUT2D eigenvalue weighted by Crippen LogP contribution is -2.48. The number of carbonyl (C=O) groups excluding carboxylic acids is 1. The van der Waals surface area contributed by atoms with E-state index < -0.39 is 0 Å². The summed E-state index contributed by atoms with van der Waals surface area (Å²) in [6.45, 7) is 7.46. The number of primary amides is 1. The number of amides is 1. The molecule has 1 fully saturated rings. The van der Waals surface area contributed by atoms with Crippen LogP contribution >= 0.6 is 0 Å². The molecule has 0 aliphatic heterocycles. The van der Waals surface area contributed by atoms with Gasteiger partial charge in [-0.05, 0) is 37.1 Å². The highest BCUT2D eigenvalue weighted by atomic mass is 16.1. The predicted octanol–water partition coefficient (Wildman–Crippen LogP) is 1.91. The van der Waals surface area contributed by atoms with Crippen molar-refractivity contribution in [1.82, 2.24) is 5.32 Å². The maximum Gasteiger partial charge on any atom is 0.234 e. The SMILES string of the molecule is CC(C)CNC(C(N)=O)C1CCC(C)CC1. The van der Waals surface area contributed by atoms with Crippen LogP contribution in [0.3, 0.4) is 0 Å². The minimum absolute atomic E-state index is 0.116. The van der Waals surface area contributed by atoms with Crippen molar-refractivity contribution in [3.8, 4) is 0 Å². The molecule has 1 saturated carbocycles. The van der Waals surface area contributed by atoms with E-state index in [0.717, 1.165) is 25.3 Å². The van der Waals surface area contributed by atoms with Crippen LogP contribution in [0.15, 0.2) is 0 Å². The van der Waals surface area contributed by atoms with Crippen LogP contribution in [-0.2, 0) is 4.79 Å². The zero-order valence-corrected chi connectivity index (χ0v) is 10.8. The van der Waals surface area contributed by atoms with E-state index in [1.807, 2.05) is 0 Å². The molecule has 1 unspecified atom stereocenters. The molecular weight excluding hydrogens is 200 g/mol. The van der Waals surface area contributed by atoms with Gasteiger partial charge in [0.25, 0.3) is 0 Å². The van der Waals surface area contributed by atoms with Crippen LogP contribution in [0.4, 0.5) is 0 Å². The molecule has 0 bridgehead atoms. The molecule has 16 heavy (non-hydrogen) atoms. The molecule has 1 atom stereocenters. The summed E-state index contributed by atoms with van der Waals surface area (Å²) in [5.41, 5.74) is 5.49. The normalized spacial score (nSPS) is 28.0. The molecule has 0 radical (unpaired) electrons. The summed E-state index contributed by atoms with van der Waals surface area (Å²) >= 11 is 0. The minimum Gasteiger partial charge on any atom is -0.368 e. The fourth-order valence-corrected chi connectivity index (χ4v) is 2.48. The van der Waals surface area contributed by atoms with Crippen molar-refractivity contribution in [3.63, 3.8) is 0 Å². The summed E-state index contributed by atoms with van der Waals surface area (Å²) in [7, 11) is 0. The molecule has 3 N–H and O–H groups in total. The fourth-order valence-electron chi connectivity index (χ4n) is 2.48. The Kier molecular flexibility index (Phi) is 5.26. The van der Waals surface area contributed by atoms with E-state index in [9.17, 15) is 4.79 Å². The first-order valence-electron chi connectivity index (χ1n) is 6.53. The quantitative estimate of drug-likeness (QED) is 0.752. The molecule has 1 aliphatic carbocycles. The second kappa shape index (κ2) is 6.24. The summed E-state index contributed by atoms with van der Waals surface area (Å²) in [6.07, 6.45) is 4.75. The largest absolute Gasteiger partial charge is 0.368 e. The highest BCUT2D eigenvalue weighted by Gasteiger charge is 2.29. The molecule has 1 amide bonds. The summed E-state index contributed by atoms with van der Waals surface area (Å²) < 4.78 is 0. The smallest absolute Gasteiger partial charge is 0.234 e. The van der Waals surface area contributed by atoms with Gasteiger partial charge in [-0.15, -0.1) is 0 Å². The Morgan fingerprint density at radius 1 is 1.31 bits per heavy atom. The molecule has 3 heteroatoms. The van der Waals surface area contributed by atoms with Gasteiger partial charge in [-0.25, -0.2) is 0 Å². The van der Waals surface area contributed by atoms with E-state index in [-0.39, 0.29) is 11.9 Å². The zero-order valence-electron chi connectivity index (χ0n) is 10.8. The van der Waals surface area contributed by atoms with Gasteiger partial charge in [0.2, 0.25) is 5.91 Å². The van der Waals surface area contributed by atoms with Crippen molar-refractivity contribution in [2.24, 2.45) is 23.5 Å².